The van der Waals surface area contributed by atoms with Crippen molar-refractivity contribution < 1.29 is 13.6 Å². The lowest BCUT2D eigenvalue weighted by Gasteiger charge is -2.18. The van der Waals surface area contributed by atoms with Crippen LogP contribution in [0, 0.1) is 5.82 Å². The van der Waals surface area contributed by atoms with Crippen molar-refractivity contribution in [3.63, 3.8) is 0 Å². The average Bonchev–Trinajstić information content (AvgIpc) is 3.44. The highest BCUT2D eigenvalue weighted by Gasteiger charge is 2.19. The molecule has 7 heteroatoms. The van der Waals surface area contributed by atoms with Gasteiger partial charge < -0.3 is 9.73 Å². The highest BCUT2D eigenvalue weighted by Crippen LogP contribution is 2.29. The Morgan fingerprint density at radius 2 is 1.93 bits per heavy atom. The van der Waals surface area contributed by atoms with Crippen LogP contribution in [0.1, 0.15) is 28.8 Å². The van der Waals surface area contributed by atoms with Crippen LogP contribution >= 0.6 is 22.9 Å². The van der Waals surface area contributed by atoms with Crippen molar-refractivity contribution in [2.45, 2.75) is 18.9 Å². The van der Waals surface area contributed by atoms with Crippen LogP contribution in [0.3, 0.4) is 0 Å². The lowest BCUT2D eigenvalue weighted by molar-refractivity contribution is -0.121. The molecule has 1 N–H and O–H groups in total. The van der Waals surface area contributed by atoms with Crippen LogP contribution in [0.2, 0.25) is 5.02 Å². The Kier molecular flexibility index (Phi) is 6.26. The summed E-state index contributed by atoms with van der Waals surface area (Å²) in [6.45, 7) is 0. The predicted octanol–water partition coefficient (Wildman–Crippen LogP) is 6.03. The SMILES string of the molecule is O=C(CCc1ncc(-c2ccccc2Cl)o1)NC(c1ccc(F)cc1)c1cccs1. The van der Waals surface area contributed by atoms with Crippen molar-refractivity contribution in [2.24, 2.45) is 0 Å². The number of halogens is 2. The van der Waals surface area contributed by atoms with Gasteiger partial charge in [0.2, 0.25) is 5.91 Å². The van der Waals surface area contributed by atoms with E-state index in [0.29, 0.717) is 23.1 Å². The fraction of sp³-hybridized carbons (Fsp3) is 0.130. The van der Waals surface area contributed by atoms with Gasteiger partial charge in [-0.3, -0.25) is 4.79 Å². The summed E-state index contributed by atoms with van der Waals surface area (Å²) in [5, 5.41) is 5.56. The van der Waals surface area contributed by atoms with E-state index in [0.717, 1.165) is 16.0 Å². The first-order valence-corrected chi connectivity index (χ1v) is 10.6. The Hall–Kier alpha value is -2.96. The van der Waals surface area contributed by atoms with Gasteiger partial charge in [-0.2, -0.15) is 0 Å². The van der Waals surface area contributed by atoms with Crippen LogP contribution in [0.4, 0.5) is 4.39 Å². The Balaban J connectivity index is 1.42. The first kappa shape index (κ1) is 20.3. The molecule has 4 nitrogen and oxygen atoms in total. The van der Waals surface area contributed by atoms with Gasteiger partial charge in [-0.05, 0) is 41.3 Å². The maximum Gasteiger partial charge on any atom is 0.221 e. The molecule has 0 aliphatic carbocycles. The molecule has 0 aliphatic rings. The van der Waals surface area contributed by atoms with Crippen molar-refractivity contribution in [2.75, 3.05) is 0 Å². The minimum atomic E-state index is -0.332. The van der Waals surface area contributed by atoms with Crippen LogP contribution in [-0.4, -0.2) is 10.9 Å². The number of rotatable bonds is 7. The second-order valence-corrected chi connectivity index (χ2v) is 8.05. The third-order valence-electron chi connectivity index (χ3n) is 4.60. The molecule has 0 aliphatic heterocycles. The molecule has 2 aromatic heterocycles. The second kappa shape index (κ2) is 9.24. The number of oxazole rings is 1. The summed E-state index contributed by atoms with van der Waals surface area (Å²) in [4.78, 5) is 17.9. The Morgan fingerprint density at radius 3 is 2.67 bits per heavy atom. The third-order valence-corrected chi connectivity index (χ3v) is 5.86. The zero-order valence-electron chi connectivity index (χ0n) is 15.8. The summed E-state index contributed by atoms with van der Waals surface area (Å²) in [6.07, 6.45) is 2.18. The van der Waals surface area contributed by atoms with Gasteiger partial charge in [-0.25, -0.2) is 9.37 Å². The molecule has 1 unspecified atom stereocenters. The van der Waals surface area contributed by atoms with Crippen LogP contribution in [0.15, 0.2) is 76.7 Å². The molecule has 0 saturated heterocycles. The first-order chi connectivity index (χ1) is 14.6. The molecule has 152 valence electrons. The van der Waals surface area contributed by atoms with Crippen molar-refractivity contribution in [1.82, 2.24) is 10.3 Å². The Bertz CT molecular complexity index is 1130. The number of amides is 1. The molecule has 4 rings (SSSR count). The Labute approximate surface area is 182 Å². The van der Waals surface area contributed by atoms with Crippen LogP contribution in [0.25, 0.3) is 11.3 Å². The van der Waals surface area contributed by atoms with Gasteiger partial charge in [-0.15, -0.1) is 11.3 Å². The van der Waals surface area contributed by atoms with E-state index in [-0.39, 0.29) is 24.2 Å². The summed E-state index contributed by atoms with van der Waals surface area (Å²) in [5.74, 6) is 0.580. The molecule has 1 amide bonds. The number of hydrogen-bond donors (Lipinski definition) is 1. The quantitative estimate of drug-likeness (QED) is 0.381. The summed E-state index contributed by atoms with van der Waals surface area (Å²) in [6, 6.07) is 17.1. The zero-order chi connectivity index (χ0) is 20.9. The number of thiophene rings is 1. The zero-order valence-corrected chi connectivity index (χ0v) is 17.4. The number of benzene rings is 2. The normalized spacial score (nSPS) is 11.9. The minimum absolute atomic E-state index is 0.143. The molecule has 0 radical (unpaired) electrons. The summed E-state index contributed by atoms with van der Waals surface area (Å²) < 4.78 is 19.1. The van der Waals surface area contributed by atoms with Crippen LogP contribution < -0.4 is 5.32 Å². The average molecular weight is 441 g/mol. The fourth-order valence-corrected chi connectivity index (χ4v) is 4.13. The standard InChI is InChI=1S/C23H18ClFN2O2S/c24-18-5-2-1-4-17(18)19-14-26-22(29-19)12-11-21(28)27-23(20-6-3-13-30-20)15-7-9-16(25)10-8-15/h1-10,13-14,23H,11-12H2,(H,27,28). The van der Waals surface area contributed by atoms with Gasteiger partial charge in [0, 0.05) is 23.3 Å². The minimum Gasteiger partial charge on any atom is -0.441 e. The van der Waals surface area contributed by atoms with Crippen LogP contribution in [-0.2, 0) is 11.2 Å². The lowest BCUT2D eigenvalue weighted by Crippen LogP contribution is -2.29. The van der Waals surface area contributed by atoms with Gasteiger partial charge in [0.1, 0.15) is 5.82 Å². The van der Waals surface area contributed by atoms with E-state index in [4.69, 9.17) is 16.0 Å². The molecular weight excluding hydrogens is 423 g/mol. The van der Waals surface area contributed by atoms with Gasteiger partial charge in [0.25, 0.3) is 0 Å². The topological polar surface area (TPSA) is 55.1 Å². The number of hydrogen-bond acceptors (Lipinski definition) is 4. The lowest BCUT2D eigenvalue weighted by atomic mass is 10.0. The van der Waals surface area contributed by atoms with E-state index >= 15 is 0 Å². The van der Waals surface area contributed by atoms with E-state index in [9.17, 15) is 9.18 Å². The third kappa shape index (κ3) is 4.78. The van der Waals surface area contributed by atoms with E-state index in [1.165, 1.54) is 23.5 Å². The summed E-state index contributed by atoms with van der Waals surface area (Å²) in [7, 11) is 0. The van der Waals surface area contributed by atoms with E-state index in [1.807, 2.05) is 35.7 Å². The number of nitrogens with zero attached hydrogens (tertiary/aromatic N) is 1. The highest BCUT2D eigenvalue weighted by molar-refractivity contribution is 7.10. The van der Waals surface area contributed by atoms with E-state index in [1.54, 1.807) is 24.4 Å². The Morgan fingerprint density at radius 1 is 1.13 bits per heavy atom. The number of nitrogens with one attached hydrogen (secondary N) is 1. The molecular formula is C23H18ClFN2O2S. The number of aryl methyl sites for hydroxylation is 1. The molecule has 30 heavy (non-hydrogen) atoms. The maximum absolute atomic E-state index is 13.3. The fourth-order valence-electron chi connectivity index (χ4n) is 3.09. The summed E-state index contributed by atoms with van der Waals surface area (Å²) >= 11 is 7.73. The molecule has 2 aromatic carbocycles. The van der Waals surface area contributed by atoms with Crippen molar-refractivity contribution in [1.29, 1.82) is 0 Å². The highest BCUT2D eigenvalue weighted by atomic mass is 35.5. The second-order valence-electron chi connectivity index (χ2n) is 6.67. The smallest absolute Gasteiger partial charge is 0.221 e. The molecule has 0 bridgehead atoms. The monoisotopic (exact) mass is 440 g/mol. The molecule has 4 aromatic rings. The number of aromatic nitrogens is 1. The molecule has 1 atom stereocenters. The molecule has 0 spiro atoms. The van der Waals surface area contributed by atoms with Crippen LogP contribution in [0.5, 0.6) is 0 Å². The number of carbonyl (C=O) groups excluding carboxylic acids is 1. The van der Waals surface area contributed by atoms with Gasteiger partial charge >= 0.3 is 0 Å². The van der Waals surface area contributed by atoms with Crippen molar-refractivity contribution >= 4 is 28.8 Å². The molecule has 0 saturated carbocycles. The molecule has 2 heterocycles. The van der Waals surface area contributed by atoms with E-state index in [2.05, 4.69) is 10.3 Å². The number of carbonyl (C=O) groups is 1. The predicted molar refractivity (Wildman–Crippen MR) is 116 cm³/mol. The van der Waals surface area contributed by atoms with Gasteiger partial charge in [0.05, 0.1) is 17.3 Å². The van der Waals surface area contributed by atoms with E-state index < -0.39 is 0 Å². The van der Waals surface area contributed by atoms with Crippen molar-refractivity contribution in [3.8, 4) is 11.3 Å². The molecule has 0 fully saturated rings. The van der Waals surface area contributed by atoms with Gasteiger partial charge in [0.15, 0.2) is 11.7 Å². The van der Waals surface area contributed by atoms with Gasteiger partial charge in [-0.1, -0.05) is 41.9 Å². The van der Waals surface area contributed by atoms with Crippen molar-refractivity contribution in [3.05, 3.63) is 99.4 Å². The largest absolute Gasteiger partial charge is 0.441 e. The first-order valence-electron chi connectivity index (χ1n) is 9.38. The maximum atomic E-state index is 13.3. The summed E-state index contributed by atoms with van der Waals surface area (Å²) in [5.41, 5.74) is 1.58.